The maximum atomic E-state index is 3.79. The molecule has 3 heteroatoms. The van der Waals surface area contributed by atoms with Crippen molar-refractivity contribution >= 4 is 10.8 Å². The first-order valence-electron chi connectivity index (χ1n) is 8.71. The Labute approximate surface area is 156 Å². The van der Waals surface area contributed by atoms with E-state index in [-0.39, 0.29) is 12.4 Å². The summed E-state index contributed by atoms with van der Waals surface area (Å²) in [5.74, 6) is 0.473. The van der Waals surface area contributed by atoms with Crippen LogP contribution in [0.4, 0.5) is 0 Å². The molecular formula is C22H25ClN2. The summed E-state index contributed by atoms with van der Waals surface area (Å²) in [5.41, 5.74) is 2.82. The van der Waals surface area contributed by atoms with Crippen molar-refractivity contribution in [2.24, 2.45) is 0 Å². The minimum atomic E-state index is 0. The number of nitrogens with one attached hydrogen (secondary N) is 1. The van der Waals surface area contributed by atoms with E-state index in [2.05, 4.69) is 92.2 Å². The van der Waals surface area contributed by atoms with Gasteiger partial charge >= 0.3 is 0 Å². The summed E-state index contributed by atoms with van der Waals surface area (Å²) in [7, 11) is 4.62. The molecule has 0 amide bonds. The molecule has 2 nitrogen and oxygen atoms in total. The number of hydrogen-bond donors (Lipinski definition) is 1. The van der Waals surface area contributed by atoms with E-state index in [0.29, 0.717) is 12.0 Å². The monoisotopic (exact) mass is 352 g/mol. The van der Waals surface area contributed by atoms with Crippen LogP contribution in [0.1, 0.15) is 23.1 Å². The predicted molar refractivity (Wildman–Crippen MR) is 101 cm³/mol. The second-order valence-corrected chi connectivity index (χ2v) is 7.58. The zero-order chi connectivity index (χ0) is 16.6. The Balaban J connectivity index is 0.00000182. The third kappa shape index (κ3) is 3.72. The number of nitrogens with zero attached hydrogens (tertiary/aromatic N) is 1. The molecule has 25 heavy (non-hydrogen) atoms. The van der Waals surface area contributed by atoms with E-state index in [1.165, 1.54) is 21.9 Å². The number of fused-ring (bicyclic) bond motifs is 1. The predicted octanol–water partition coefficient (Wildman–Crippen LogP) is 1.31. The molecule has 0 aromatic heterocycles. The number of likely N-dealkylation sites (N-methyl/N-ethyl adjacent to an activating group) is 1. The van der Waals surface area contributed by atoms with Crippen LogP contribution in [0.3, 0.4) is 0 Å². The summed E-state index contributed by atoms with van der Waals surface area (Å²) < 4.78 is 1.00. The molecule has 1 saturated heterocycles. The summed E-state index contributed by atoms with van der Waals surface area (Å²) >= 11 is 0. The van der Waals surface area contributed by atoms with E-state index in [9.17, 15) is 0 Å². The summed E-state index contributed by atoms with van der Waals surface area (Å²) in [6, 6.07) is 26.8. The van der Waals surface area contributed by atoms with Gasteiger partial charge in [-0.2, -0.15) is 0 Å². The zero-order valence-corrected chi connectivity index (χ0v) is 15.6. The van der Waals surface area contributed by atoms with Crippen molar-refractivity contribution in [3.63, 3.8) is 0 Å². The molecule has 4 rings (SSSR count). The van der Waals surface area contributed by atoms with Crippen molar-refractivity contribution in [1.82, 2.24) is 5.32 Å². The van der Waals surface area contributed by atoms with E-state index >= 15 is 0 Å². The average Bonchev–Trinajstić information content (AvgIpc) is 2.61. The van der Waals surface area contributed by atoms with Gasteiger partial charge in [0.15, 0.2) is 0 Å². The number of rotatable bonds is 2. The second-order valence-electron chi connectivity index (χ2n) is 7.58. The van der Waals surface area contributed by atoms with E-state index in [4.69, 9.17) is 0 Å². The number of quaternary nitrogens is 1. The first-order valence-corrected chi connectivity index (χ1v) is 8.71. The van der Waals surface area contributed by atoms with Crippen LogP contribution in [0, 0.1) is 0 Å². The fourth-order valence-corrected chi connectivity index (χ4v) is 3.94. The van der Waals surface area contributed by atoms with Crippen molar-refractivity contribution in [3.05, 3.63) is 83.9 Å². The van der Waals surface area contributed by atoms with Gasteiger partial charge in [-0.25, -0.2) is 0 Å². The Morgan fingerprint density at radius 1 is 0.800 bits per heavy atom. The lowest BCUT2D eigenvalue weighted by molar-refractivity contribution is -0.900. The van der Waals surface area contributed by atoms with Gasteiger partial charge in [0, 0.05) is 6.04 Å². The SMILES string of the molecule is C[N+]1(C)CN[C@H](c2ccccc2)[C@@H](c2ccc3ccccc3c2)C1.[Cl-]. The van der Waals surface area contributed by atoms with Crippen molar-refractivity contribution in [2.45, 2.75) is 12.0 Å². The Kier molecular flexibility index (Phi) is 5.14. The molecule has 1 heterocycles. The van der Waals surface area contributed by atoms with Gasteiger partial charge in [-0.15, -0.1) is 0 Å². The topological polar surface area (TPSA) is 12.0 Å². The van der Waals surface area contributed by atoms with Gasteiger partial charge in [-0.3, -0.25) is 5.32 Å². The minimum absolute atomic E-state index is 0. The Morgan fingerprint density at radius 2 is 1.48 bits per heavy atom. The highest BCUT2D eigenvalue weighted by molar-refractivity contribution is 5.83. The first-order chi connectivity index (χ1) is 11.6. The van der Waals surface area contributed by atoms with Crippen molar-refractivity contribution in [1.29, 1.82) is 0 Å². The smallest absolute Gasteiger partial charge is 0.132 e. The van der Waals surface area contributed by atoms with Crippen molar-refractivity contribution < 1.29 is 16.9 Å². The molecule has 3 aromatic carbocycles. The summed E-state index contributed by atoms with van der Waals surface area (Å²) in [5, 5.41) is 6.44. The molecule has 130 valence electrons. The molecule has 2 atom stereocenters. The molecular weight excluding hydrogens is 328 g/mol. The fraction of sp³-hybridized carbons (Fsp3) is 0.273. The third-order valence-corrected chi connectivity index (χ3v) is 5.19. The van der Waals surface area contributed by atoms with Crippen LogP contribution in [0.5, 0.6) is 0 Å². The van der Waals surface area contributed by atoms with Crippen LogP contribution < -0.4 is 17.7 Å². The molecule has 0 saturated carbocycles. The minimum Gasteiger partial charge on any atom is -1.00 e. The molecule has 0 radical (unpaired) electrons. The molecule has 1 fully saturated rings. The molecule has 0 bridgehead atoms. The largest absolute Gasteiger partial charge is 1.00 e. The second kappa shape index (κ2) is 7.17. The van der Waals surface area contributed by atoms with Crippen LogP contribution in [0.2, 0.25) is 0 Å². The number of benzene rings is 3. The van der Waals surface area contributed by atoms with E-state index in [0.717, 1.165) is 17.7 Å². The van der Waals surface area contributed by atoms with Gasteiger partial charge in [-0.05, 0) is 21.9 Å². The van der Waals surface area contributed by atoms with Gasteiger partial charge in [0.05, 0.1) is 26.6 Å². The molecule has 0 spiro atoms. The van der Waals surface area contributed by atoms with Gasteiger partial charge in [-0.1, -0.05) is 72.8 Å². The normalized spacial score (nSPS) is 22.3. The van der Waals surface area contributed by atoms with Crippen LogP contribution in [-0.4, -0.2) is 31.8 Å². The van der Waals surface area contributed by atoms with Crippen molar-refractivity contribution in [3.8, 4) is 0 Å². The maximum absolute atomic E-state index is 3.79. The number of halogens is 1. The van der Waals surface area contributed by atoms with Crippen LogP contribution in [-0.2, 0) is 0 Å². The molecule has 3 aromatic rings. The highest BCUT2D eigenvalue weighted by Crippen LogP contribution is 2.36. The molecule has 0 aliphatic carbocycles. The van der Waals surface area contributed by atoms with E-state index in [1.807, 2.05) is 0 Å². The van der Waals surface area contributed by atoms with Gasteiger partial charge in [0.25, 0.3) is 0 Å². The molecule has 1 N–H and O–H groups in total. The lowest BCUT2D eigenvalue weighted by atomic mass is 9.84. The van der Waals surface area contributed by atoms with Gasteiger partial charge < -0.3 is 16.9 Å². The van der Waals surface area contributed by atoms with Gasteiger partial charge in [0.2, 0.25) is 0 Å². The third-order valence-electron chi connectivity index (χ3n) is 5.19. The number of hydrogen-bond acceptors (Lipinski definition) is 1. The molecule has 1 aliphatic heterocycles. The molecule has 0 unspecified atom stereocenters. The standard InChI is InChI=1S/C22H25N2.ClH/c1-24(2)15-21(22(23-16-24)18-9-4-3-5-10-18)20-13-12-17-8-6-7-11-19(17)14-20;/h3-14,21-23H,15-16H2,1-2H3;1H/q+1;/p-1/t21-,22-;/m1./s1. The summed E-state index contributed by atoms with van der Waals surface area (Å²) in [6.45, 7) is 2.15. The summed E-state index contributed by atoms with van der Waals surface area (Å²) in [6.07, 6.45) is 0. The summed E-state index contributed by atoms with van der Waals surface area (Å²) in [4.78, 5) is 0. The zero-order valence-electron chi connectivity index (χ0n) is 14.8. The first kappa shape index (κ1) is 17.9. The van der Waals surface area contributed by atoms with Crippen molar-refractivity contribution in [2.75, 3.05) is 27.3 Å². The lowest BCUT2D eigenvalue weighted by Crippen LogP contribution is -3.00. The quantitative estimate of drug-likeness (QED) is 0.686. The molecule has 1 aliphatic rings. The van der Waals surface area contributed by atoms with E-state index in [1.54, 1.807) is 0 Å². The Hall–Kier alpha value is -1.87. The van der Waals surface area contributed by atoms with Crippen LogP contribution >= 0.6 is 0 Å². The van der Waals surface area contributed by atoms with Crippen LogP contribution in [0.25, 0.3) is 10.8 Å². The van der Waals surface area contributed by atoms with Gasteiger partial charge in [0.1, 0.15) is 6.67 Å². The lowest BCUT2D eigenvalue weighted by Gasteiger charge is -2.43. The maximum Gasteiger partial charge on any atom is 0.132 e. The van der Waals surface area contributed by atoms with E-state index < -0.39 is 0 Å². The fourth-order valence-electron chi connectivity index (χ4n) is 3.94. The Bertz CT molecular complexity index is 845. The Morgan fingerprint density at radius 3 is 2.24 bits per heavy atom. The van der Waals surface area contributed by atoms with Crippen LogP contribution in [0.15, 0.2) is 72.8 Å². The highest BCUT2D eigenvalue weighted by Gasteiger charge is 2.36. The average molecular weight is 353 g/mol. The highest BCUT2D eigenvalue weighted by atomic mass is 35.5.